The zero-order valence-electron chi connectivity index (χ0n) is 28.1. The van der Waals surface area contributed by atoms with Gasteiger partial charge in [-0.05, 0) is 52.8 Å². The monoisotopic (exact) mass is 684 g/mol. The smallest absolute Gasteiger partial charge is 0.407 e. The summed E-state index contributed by atoms with van der Waals surface area (Å²) in [5.41, 5.74) is 7.38. The van der Waals surface area contributed by atoms with E-state index >= 15 is 0 Å². The van der Waals surface area contributed by atoms with Crippen LogP contribution >= 0.6 is 11.8 Å². The molecule has 0 bridgehead atoms. The summed E-state index contributed by atoms with van der Waals surface area (Å²) in [4.78, 5) is 41.2. The molecule has 50 heavy (non-hydrogen) atoms. The number of hydrogen-bond donors (Lipinski definition) is 2. The highest BCUT2D eigenvalue weighted by atomic mass is 32.2. The van der Waals surface area contributed by atoms with Crippen LogP contribution < -0.4 is 5.32 Å². The first kappa shape index (κ1) is 34.5. The summed E-state index contributed by atoms with van der Waals surface area (Å²) < 4.78 is 4.92. The SMILES string of the molecule is CCN(C(=O)[C@H](C)NC(=O)OCC1c2ccccc2-c2ccccc21)[C@@H](CSC(c1ccccc1)(c1ccccc1)c1ccccc1)C(=O)O. The number of carboxylic acids is 1. The molecule has 0 heterocycles. The number of carbonyl (C=O) groups excluding carboxylic acids is 2. The maximum absolute atomic E-state index is 13.9. The van der Waals surface area contributed by atoms with Crippen molar-refractivity contribution >= 4 is 29.7 Å². The third-order valence-corrected chi connectivity index (χ3v) is 11.0. The molecule has 0 spiro atoms. The van der Waals surface area contributed by atoms with Crippen molar-refractivity contribution in [1.82, 2.24) is 10.2 Å². The number of hydrogen-bond acceptors (Lipinski definition) is 5. The molecule has 0 radical (unpaired) electrons. The highest BCUT2D eigenvalue weighted by Gasteiger charge is 2.40. The Kier molecular flexibility index (Phi) is 10.7. The highest BCUT2D eigenvalue weighted by Crippen LogP contribution is 2.49. The number of likely N-dealkylation sites (N-methyl/N-ethyl adjacent to an activating group) is 1. The van der Waals surface area contributed by atoms with Crippen molar-refractivity contribution in [2.75, 3.05) is 18.9 Å². The number of aliphatic carboxylic acids is 1. The third kappa shape index (κ3) is 6.89. The normalized spacial score (nSPS) is 13.4. The standard InChI is InChI=1S/C42H40N2O5S/c1-3-44(39(45)29(2)43-41(48)49-27-37-35-25-15-13-23-33(35)34-24-14-16-26-36(34)37)38(40(46)47)28-50-42(30-17-7-4-8-18-30,31-19-9-5-10-20-31)32-21-11-6-12-22-32/h4-26,29,37-38H,3,27-28H2,1-2H3,(H,43,48)(H,46,47)/t29-,38-/m0/s1. The Morgan fingerprint density at radius 2 is 1.18 bits per heavy atom. The lowest BCUT2D eigenvalue weighted by Crippen LogP contribution is -2.54. The number of carbonyl (C=O) groups is 3. The number of benzene rings is 5. The molecule has 7 nitrogen and oxygen atoms in total. The van der Waals surface area contributed by atoms with Crippen LogP contribution in [0, 0.1) is 0 Å². The molecule has 0 unspecified atom stereocenters. The predicted molar refractivity (Wildman–Crippen MR) is 198 cm³/mol. The molecule has 8 heteroatoms. The van der Waals surface area contributed by atoms with Crippen LogP contribution in [0.3, 0.4) is 0 Å². The van der Waals surface area contributed by atoms with Crippen LogP contribution in [0.5, 0.6) is 0 Å². The lowest BCUT2D eigenvalue weighted by atomic mass is 9.84. The van der Waals surface area contributed by atoms with Crippen LogP contribution in [-0.2, 0) is 19.1 Å². The summed E-state index contributed by atoms with van der Waals surface area (Å²) in [6.45, 7) is 3.55. The van der Waals surface area contributed by atoms with Crippen LogP contribution in [-0.4, -0.2) is 59.0 Å². The highest BCUT2D eigenvalue weighted by molar-refractivity contribution is 8.00. The van der Waals surface area contributed by atoms with E-state index in [4.69, 9.17) is 4.74 Å². The number of nitrogens with zero attached hydrogens (tertiary/aromatic N) is 1. The van der Waals surface area contributed by atoms with E-state index in [-0.39, 0.29) is 24.8 Å². The van der Waals surface area contributed by atoms with Gasteiger partial charge in [0.15, 0.2) is 0 Å². The Morgan fingerprint density at radius 1 is 0.740 bits per heavy atom. The van der Waals surface area contributed by atoms with E-state index in [1.54, 1.807) is 13.8 Å². The maximum atomic E-state index is 13.9. The van der Waals surface area contributed by atoms with E-state index in [1.807, 2.05) is 127 Å². The average molecular weight is 685 g/mol. The second-order valence-electron chi connectivity index (χ2n) is 12.3. The maximum Gasteiger partial charge on any atom is 0.407 e. The van der Waals surface area contributed by atoms with Gasteiger partial charge in [-0.2, -0.15) is 0 Å². The fourth-order valence-corrected chi connectivity index (χ4v) is 8.56. The van der Waals surface area contributed by atoms with Gasteiger partial charge >= 0.3 is 12.1 Å². The van der Waals surface area contributed by atoms with Crippen LogP contribution in [0.15, 0.2) is 140 Å². The van der Waals surface area contributed by atoms with Gasteiger partial charge in [0, 0.05) is 18.2 Å². The largest absolute Gasteiger partial charge is 0.480 e. The molecular weight excluding hydrogens is 645 g/mol. The minimum Gasteiger partial charge on any atom is -0.480 e. The molecular formula is C42H40N2O5S. The number of amides is 2. The van der Waals surface area contributed by atoms with E-state index < -0.39 is 34.8 Å². The van der Waals surface area contributed by atoms with Crippen molar-refractivity contribution in [1.29, 1.82) is 0 Å². The number of ether oxygens (including phenoxy) is 1. The molecule has 2 atom stereocenters. The molecule has 0 aromatic heterocycles. The number of carboxylic acid groups (broad SMARTS) is 1. The molecule has 0 saturated carbocycles. The van der Waals surface area contributed by atoms with Crippen LogP contribution in [0.2, 0.25) is 0 Å². The molecule has 254 valence electrons. The van der Waals surface area contributed by atoms with Gasteiger partial charge in [0.2, 0.25) is 5.91 Å². The molecule has 5 aromatic rings. The average Bonchev–Trinajstić information content (AvgIpc) is 3.48. The van der Waals surface area contributed by atoms with Crippen LogP contribution in [0.25, 0.3) is 11.1 Å². The van der Waals surface area contributed by atoms with E-state index in [2.05, 4.69) is 17.4 Å². The Balaban J connectivity index is 1.19. The fraction of sp³-hybridized carbons (Fsp3) is 0.214. The van der Waals surface area contributed by atoms with Gasteiger partial charge in [-0.1, -0.05) is 140 Å². The van der Waals surface area contributed by atoms with E-state index in [1.165, 1.54) is 16.7 Å². The van der Waals surface area contributed by atoms with E-state index in [0.29, 0.717) is 0 Å². The second-order valence-corrected chi connectivity index (χ2v) is 13.5. The van der Waals surface area contributed by atoms with Crippen molar-refractivity contribution in [2.45, 2.75) is 36.6 Å². The van der Waals surface area contributed by atoms with Crippen molar-refractivity contribution in [3.63, 3.8) is 0 Å². The van der Waals surface area contributed by atoms with Gasteiger partial charge in [-0.25, -0.2) is 9.59 Å². The lowest BCUT2D eigenvalue weighted by molar-refractivity contribution is -0.149. The molecule has 1 aliphatic rings. The first-order valence-electron chi connectivity index (χ1n) is 16.8. The summed E-state index contributed by atoms with van der Waals surface area (Å²) in [7, 11) is 0. The number of alkyl carbamates (subject to hydrolysis) is 1. The summed E-state index contributed by atoms with van der Waals surface area (Å²) in [5.74, 6) is -1.66. The molecule has 0 fully saturated rings. The van der Waals surface area contributed by atoms with Crippen molar-refractivity contribution in [2.24, 2.45) is 0 Å². The molecule has 5 aromatic carbocycles. The Bertz CT molecular complexity index is 1790. The van der Waals surface area contributed by atoms with Gasteiger partial charge in [0.05, 0.1) is 4.75 Å². The molecule has 0 aliphatic heterocycles. The van der Waals surface area contributed by atoms with Gasteiger partial charge in [-0.15, -0.1) is 11.8 Å². The summed E-state index contributed by atoms with van der Waals surface area (Å²) in [5, 5.41) is 13.2. The van der Waals surface area contributed by atoms with Crippen molar-refractivity contribution in [3.05, 3.63) is 167 Å². The zero-order chi connectivity index (χ0) is 35.1. The van der Waals surface area contributed by atoms with Gasteiger partial charge in [0.1, 0.15) is 18.7 Å². The Labute approximate surface area is 297 Å². The predicted octanol–water partition coefficient (Wildman–Crippen LogP) is 7.94. The quantitative estimate of drug-likeness (QED) is 0.122. The summed E-state index contributed by atoms with van der Waals surface area (Å²) in [6, 6.07) is 44.0. The Morgan fingerprint density at radius 3 is 1.62 bits per heavy atom. The molecule has 2 amide bonds. The van der Waals surface area contributed by atoms with Crippen LogP contribution in [0.1, 0.15) is 47.6 Å². The van der Waals surface area contributed by atoms with Gasteiger partial charge in [-0.3, -0.25) is 4.79 Å². The van der Waals surface area contributed by atoms with E-state index in [9.17, 15) is 19.5 Å². The third-order valence-electron chi connectivity index (χ3n) is 9.33. The molecule has 1 aliphatic carbocycles. The summed E-state index contributed by atoms with van der Waals surface area (Å²) in [6.07, 6.45) is -0.735. The minimum absolute atomic E-state index is 0.0886. The van der Waals surface area contributed by atoms with Gasteiger partial charge in [0.25, 0.3) is 0 Å². The zero-order valence-corrected chi connectivity index (χ0v) is 28.9. The molecule has 6 rings (SSSR count). The van der Waals surface area contributed by atoms with Crippen molar-refractivity contribution < 1.29 is 24.2 Å². The van der Waals surface area contributed by atoms with Crippen LogP contribution in [0.4, 0.5) is 4.79 Å². The number of fused-ring (bicyclic) bond motifs is 3. The fourth-order valence-electron chi connectivity index (χ4n) is 6.92. The van der Waals surface area contributed by atoms with Gasteiger partial charge < -0.3 is 20.1 Å². The van der Waals surface area contributed by atoms with Crippen molar-refractivity contribution in [3.8, 4) is 11.1 Å². The number of thioether (sulfide) groups is 1. The first-order chi connectivity index (χ1) is 24.3. The molecule has 0 saturated heterocycles. The lowest BCUT2D eigenvalue weighted by Gasteiger charge is -2.38. The number of nitrogens with one attached hydrogen (secondary N) is 1. The minimum atomic E-state index is -1.17. The number of rotatable bonds is 13. The topological polar surface area (TPSA) is 95.9 Å². The second kappa shape index (κ2) is 15.5. The molecule has 2 N–H and O–H groups in total. The van der Waals surface area contributed by atoms with E-state index in [0.717, 1.165) is 38.9 Å². The Hall–Kier alpha value is -5.34. The first-order valence-corrected chi connectivity index (χ1v) is 17.8. The summed E-state index contributed by atoms with van der Waals surface area (Å²) >= 11 is 1.48.